The number of halogens is 2. The van der Waals surface area contributed by atoms with Gasteiger partial charge in [-0.3, -0.25) is 9.69 Å². The second-order valence-corrected chi connectivity index (χ2v) is 11.7. The highest BCUT2D eigenvalue weighted by atomic mass is 127. The number of morpholine rings is 1. The molecule has 1 aromatic rings. The van der Waals surface area contributed by atoms with E-state index in [-0.39, 0.29) is 36.3 Å². The number of likely N-dealkylation sites (tertiary alicyclic amines) is 1. The summed E-state index contributed by atoms with van der Waals surface area (Å²) in [5, 5.41) is 20.3. The summed E-state index contributed by atoms with van der Waals surface area (Å²) in [5.74, 6) is -0.483. The Kier molecular flexibility index (Phi) is 9.46. The molecule has 0 saturated carbocycles. The number of nitrogens with zero attached hydrogens (tertiary/aromatic N) is 3. The first-order chi connectivity index (χ1) is 17.8. The number of benzene rings is 1. The Hall–Kier alpha value is -3.07. The molecule has 204 valence electrons. The monoisotopic (exact) mass is 637 g/mol. The number of nitriles is 1. The number of amides is 2. The van der Waals surface area contributed by atoms with Gasteiger partial charge in [0.05, 0.1) is 28.2 Å². The second-order valence-electron chi connectivity index (χ2n) is 10.5. The predicted molar refractivity (Wildman–Crippen MR) is 149 cm³/mol. The van der Waals surface area contributed by atoms with Crippen LogP contribution in [0.1, 0.15) is 39.2 Å². The lowest BCUT2D eigenvalue weighted by atomic mass is 9.75. The third-order valence-electron chi connectivity index (χ3n) is 6.40. The van der Waals surface area contributed by atoms with E-state index >= 15 is 0 Å². The molecule has 1 unspecified atom stereocenters. The third-order valence-corrected chi connectivity index (χ3v) is 7.39. The van der Waals surface area contributed by atoms with E-state index in [1.165, 1.54) is 29.2 Å². The molecular weight excluding hydrogens is 604 g/mol. The van der Waals surface area contributed by atoms with Crippen molar-refractivity contribution < 1.29 is 28.6 Å². The number of aliphatic hydroxyl groups excluding tert-OH is 1. The molecule has 2 amide bonds. The molecule has 10 heteroatoms. The molecule has 2 fully saturated rings. The molecule has 0 aliphatic carbocycles. The maximum atomic E-state index is 13.5. The largest absolute Gasteiger partial charge is 0.507 e. The van der Waals surface area contributed by atoms with Crippen molar-refractivity contribution in [3.63, 3.8) is 0 Å². The quantitative estimate of drug-likeness (QED) is 0.263. The minimum atomic E-state index is -0.997. The van der Waals surface area contributed by atoms with Gasteiger partial charge in [-0.25, -0.2) is 9.18 Å². The van der Waals surface area contributed by atoms with Crippen LogP contribution in [0.3, 0.4) is 0 Å². The number of piperidine rings is 1. The zero-order valence-corrected chi connectivity index (χ0v) is 24.0. The van der Waals surface area contributed by atoms with Crippen LogP contribution in [0, 0.1) is 22.6 Å². The fraction of sp³-hybridized carbons (Fsp3) is 0.464. The third kappa shape index (κ3) is 7.72. The van der Waals surface area contributed by atoms with Gasteiger partial charge in [0.15, 0.2) is 6.10 Å². The number of carbonyl (C=O) groups excluding carboxylic acids is 2. The van der Waals surface area contributed by atoms with Gasteiger partial charge in [0.1, 0.15) is 22.9 Å². The molecule has 1 atom stereocenters. The standard InChI is InChI=1S/C28H33FIN3O5/c1-5-22(30)23(34)14-21-16-33(26(36)38-27(2,3)4)17-24(37-21)25(35)32-12-10-28(18-31,11-13-32)15-19-6-8-20(29)9-7-19/h5-9,14,24,34H,1,10-13,15-17H2,2-4H3/b21-14+,23-22-. The molecule has 2 aliphatic heterocycles. The summed E-state index contributed by atoms with van der Waals surface area (Å²) < 4.78 is 25.2. The van der Waals surface area contributed by atoms with Crippen molar-refractivity contribution in [2.45, 2.75) is 51.7 Å². The molecule has 0 aromatic heterocycles. The van der Waals surface area contributed by atoms with Crippen molar-refractivity contribution in [2.75, 3.05) is 26.2 Å². The van der Waals surface area contributed by atoms with E-state index in [1.807, 2.05) is 22.6 Å². The number of carbonyl (C=O) groups is 2. The first-order valence-corrected chi connectivity index (χ1v) is 13.4. The number of allylic oxidation sites excluding steroid dienone is 3. The van der Waals surface area contributed by atoms with E-state index in [0.29, 0.717) is 35.9 Å². The Morgan fingerprint density at radius 3 is 2.47 bits per heavy atom. The number of hydrogen-bond donors (Lipinski definition) is 1. The van der Waals surface area contributed by atoms with E-state index < -0.39 is 23.2 Å². The lowest BCUT2D eigenvalue weighted by molar-refractivity contribution is -0.146. The van der Waals surface area contributed by atoms with Crippen molar-refractivity contribution in [3.05, 3.63) is 69.5 Å². The van der Waals surface area contributed by atoms with Crippen LogP contribution in [0.2, 0.25) is 0 Å². The van der Waals surface area contributed by atoms with Crippen molar-refractivity contribution >= 4 is 34.6 Å². The lowest BCUT2D eigenvalue weighted by Gasteiger charge is -2.41. The average molecular weight is 637 g/mol. The Morgan fingerprint density at radius 1 is 1.29 bits per heavy atom. The SMILES string of the molecule is C=C/C(I)=C(O)\C=C1/CN(C(=O)OC(C)(C)C)CC(C(=O)N2CCC(C#N)(Cc3ccc(F)cc3)CC2)O1. The number of ether oxygens (including phenoxy) is 2. The van der Waals surface area contributed by atoms with Gasteiger partial charge in [-0.05, 0) is 80.3 Å². The molecule has 1 aromatic carbocycles. The van der Waals surface area contributed by atoms with Gasteiger partial charge in [0, 0.05) is 19.2 Å². The molecule has 0 radical (unpaired) electrons. The van der Waals surface area contributed by atoms with Crippen LogP contribution in [0.4, 0.5) is 9.18 Å². The second kappa shape index (κ2) is 12.2. The van der Waals surface area contributed by atoms with Gasteiger partial charge in [-0.2, -0.15) is 5.26 Å². The Bertz CT molecular complexity index is 1160. The zero-order chi connectivity index (χ0) is 28.1. The van der Waals surface area contributed by atoms with Crippen molar-refractivity contribution in [2.24, 2.45) is 5.41 Å². The van der Waals surface area contributed by atoms with Gasteiger partial charge in [0.2, 0.25) is 0 Å². The molecule has 2 saturated heterocycles. The Morgan fingerprint density at radius 2 is 1.92 bits per heavy atom. The molecule has 3 rings (SSSR count). The van der Waals surface area contributed by atoms with Crippen LogP contribution in [0.25, 0.3) is 0 Å². The summed E-state index contributed by atoms with van der Waals surface area (Å²) >= 11 is 1.92. The summed E-state index contributed by atoms with van der Waals surface area (Å²) in [6.07, 6.45) is 2.65. The number of rotatable bonds is 5. The maximum absolute atomic E-state index is 13.5. The fourth-order valence-electron chi connectivity index (χ4n) is 4.39. The van der Waals surface area contributed by atoms with E-state index in [4.69, 9.17) is 9.47 Å². The Balaban J connectivity index is 1.75. The van der Waals surface area contributed by atoms with Crippen LogP contribution < -0.4 is 0 Å². The minimum absolute atomic E-state index is 0.0103. The topological polar surface area (TPSA) is 103 Å². The van der Waals surface area contributed by atoms with Gasteiger partial charge in [-0.1, -0.05) is 24.8 Å². The van der Waals surface area contributed by atoms with Crippen LogP contribution >= 0.6 is 22.6 Å². The van der Waals surface area contributed by atoms with Crippen molar-refractivity contribution in [1.29, 1.82) is 5.26 Å². The molecule has 38 heavy (non-hydrogen) atoms. The summed E-state index contributed by atoms with van der Waals surface area (Å²) in [6, 6.07) is 8.54. The Labute approximate surface area is 236 Å². The first kappa shape index (κ1) is 29.5. The van der Waals surface area contributed by atoms with E-state index in [9.17, 15) is 24.3 Å². The highest BCUT2D eigenvalue weighted by Crippen LogP contribution is 2.35. The fourth-order valence-corrected chi connectivity index (χ4v) is 4.55. The normalized spacial score (nSPS) is 21.2. The van der Waals surface area contributed by atoms with Crippen LogP contribution in [0.15, 0.2) is 58.1 Å². The minimum Gasteiger partial charge on any atom is -0.507 e. The van der Waals surface area contributed by atoms with Crippen LogP contribution in [-0.2, 0) is 20.7 Å². The van der Waals surface area contributed by atoms with Gasteiger partial charge in [0.25, 0.3) is 5.91 Å². The van der Waals surface area contributed by atoms with Crippen LogP contribution in [0.5, 0.6) is 0 Å². The molecule has 0 bridgehead atoms. The lowest BCUT2D eigenvalue weighted by Crippen LogP contribution is -2.54. The van der Waals surface area contributed by atoms with Crippen molar-refractivity contribution in [3.8, 4) is 6.07 Å². The maximum Gasteiger partial charge on any atom is 0.410 e. The average Bonchev–Trinajstić information content (AvgIpc) is 2.88. The molecule has 8 nitrogen and oxygen atoms in total. The van der Waals surface area contributed by atoms with Gasteiger partial charge >= 0.3 is 6.09 Å². The van der Waals surface area contributed by atoms with E-state index in [1.54, 1.807) is 37.8 Å². The predicted octanol–water partition coefficient (Wildman–Crippen LogP) is 5.41. The van der Waals surface area contributed by atoms with Crippen LogP contribution in [-0.4, -0.2) is 64.8 Å². The number of aliphatic hydroxyl groups is 1. The van der Waals surface area contributed by atoms with Crippen molar-refractivity contribution in [1.82, 2.24) is 9.80 Å². The molecule has 0 spiro atoms. The molecule has 2 aliphatic rings. The summed E-state index contributed by atoms with van der Waals surface area (Å²) in [5.41, 5.74) is -0.516. The first-order valence-electron chi connectivity index (χ1n) is 12.4. The van der Waals surface area contributed by atoms with E-state index in [2.05, 4.69) is 12.6 Å². The number of hydrogen-bond acceptors (Lipinski definition) is 6. The molecule has 2 heterocycles. The zero-order valence-electron chi connectivity index (χ0n) is 21.9. The highest BCUT2D eigenvalue weighted by Gasteiger charge is 2.41. The van der Waals surface area contributed by atoms with Gasteiger partial charge in [-0.15, -0.1) is 0 Å². The molecule has 1 N–H and O–H groups in total. The summed E-state index contributed by atoms with van der Waals surface area (Å²) in [7, 11) is 0. The van der Waals surface area contributed by atoms with Gasteiger partial charge < -0.3 is 19.5 Å². The smallest absolute Gasteiger partial charge is 0.410 e. The molecular formula is C28H33FIN3O5. The highest BCUT2D eigenvalue weighted by molar-refractivity contribution is 14.1. The summed E-state index contributed by atoms with van der Waals surface area (Å²) in [6.45, 7) is 9.61. The summed E-state index contributed by atoms with van der Waals surface area (Å²) in [4.78, 5) is 29.4. The van der Waals surface area contributed by atoms with E-state index in [0.717, 1.165) is 5.56 Å².